The highest BCUT2D eigenvalue weighted by atomic mass is 35.5. The molecule has 3 amide bonds. The first-order valence-corrected chi connectivity index (χ1v) is 8.05. The minimum Gasteiger partial charge on any atom is -0.338 e. The molecular weight excluding hydrogens is 325 g/mol. The van der Waals surface area contributed by atoms with Gasteiger partial charge in [-0.3, -0.25) is 9.69 Å². The number of hydrogen-bond acceptors (Lipinski definition) is 2. The molecule has 0 bridgehead atoms. The molecule has 1 aliphatic heterocycles. The van der Waals surface area contributed by atoms with Crippen molar-refractivity contribution in [1.82, 2.24) is 5.32 Å². The van der Waals surface area contributed by atoms with E-state index in [4.69, 9.17) is 23.2 Å². The fourth-order valence-corrected chi connectivity index (χ4v) is 3.15. The van der Waals surface area contributed by atoms with Gasteiger partial charge in [0.25, 0.3) is 0 Å². The maximum absolute atomic E-state index is 12.0. The van der Waals surface area contributed by atoms with Crippen LogP contribution >= 0.6 is 23.2 Å². The Kier molecular flexibility index (Phi) is 3.95. The highest BCUT2D eigenvalue weighted by molar-refractivity contribution is 6.52. The monoisotopic (exact) mass is 341 g/mol. The van der Waals surface area contributed by atoms with Crippen molar-refractivity contribution in [3.63, 3.8) is 0 Å². The molecule has 0 radical (unpaired) electrons. The Morgan fingerprint density at radius 1 is 1.41 bits per heavy atom. The summed E-state index contributed by atoms with van der Waals surface area (Å²) in [6.45, 7) is 3.11. The Morgan fingerprint density at radius 2 is 2.14 bits per heavy atom. The molecule has 5 nitrogen and oxygen atoms in total. The Balaban J connectivity index is 1.74. The van der Waals surface area contributed by atoms with E-state index in [1.807, 2.05) is 25.1 Å². The summed E-state index contributed by atoms with van der Waals surface area (Å²) in [5.74, 6) is -0.559. The van der Waals surface area contributed by atoms with Crippen LogP contribution in [0, 0.1) is 5.92 Å². The van der Waals surface area contributed by atoms with Crippen LogP contribution in [0.25, 0.3) is 0 Å². The van der Waals surface area contributed by atoms with Gasteiger partial charge in [0.1, 0.15) is 4.33 Å². The number of anilines is 2. The number of hydrogen-bond donors (Lipinski definition) is 2. The molecule has 22 heavy (non-hydrogen) atoms. The number of nitrogens with one attached hydrogen (secondary N) is 2. The van der Waals surface area contributed by atoms with Crippen molar-refractivity contribution in [2.24, 2.45) is 5.92 Å². The lowest BCUT2D eigenvalue weighted by atomic mass is 10.1. The summed E-state index contributed by atoms with van der Waals surface area (Å²) in [6.07, 6.45) is 1.29. The normalized spacial score (nSPS) is 21.2. The molecule has 1 aliphatic carbocycles. The first-order chi connectivity index (χ1) is 10.4. The second-order valence-electron chi connectivity index (χ2n) is 5.59. The molecule has 1 aromatic carbocycles. The molecule has 1 fully saturated rings. The second-order valence-corrected chi connectivity index (χ2v) is 7.13. The van der Waals surface area contributed by atoms with Crippen molar-refractivity contribution >= 4 is 46.5 Å². The van der Waals surface area contributed by atoms with Crippen LogP contribution in [0.4, 0.5) is 16.2 Å². The summed E-state index contributed by atoms with van der Waals surface area (Å²) < 4.78 is -0.937. The first kappa shape index (κ1) is 15.4. The molecule has 2 N–H and O–H groups in total. The average molecular weight is 342 g/mol. The molecule has 1 heterocycles. The van der Waals surface area contributed by atoms with Gasteiger partial charge in [0.15, 0.2) is 0 Å². The highest BCUT2D eigenvalue weighted by Gasteiger charge is 2.56. The minimum atomic E-state index is -0.937. The lowest BCUT2D eigenvalue weighted by Gasteiger charge is -2.18. The SMILES string of the molecule is CCNC(=O)N1CCc2ccc(NC(=O)[C@@H]3CC3(Cl)Cl)cc21. The number of nitrogens with zero attached hydrogens (tertiary/aromatic N) is 1. The van der Waals surface area contributed by atoms with Crippen LogP contribution in [0.15, 0.2) is 18.2 Å². The summed E-state index contributed by atoms with van der Waals surface area (Å²) in [5, 5.41) is 5.61. The van der Waals surface area contributed by atoms with E-state index in [2.05, 4.69) is 10.6 Å². The van der Waals surface area contributed by atoms with Gasteiger partial charge in [-0.25, -0.2) is 4.79 Å². The second kappa shape index (κ2) is 5.63. The van der Waals surface area contributed by atoms with Crippen LogP contribution in [-0.4, -0.2) is 29.4 Å². The zero-order chi connectivity index (χ0) is 15.9. The van der Waals surface area contributed by atoms with Crippen molar-refractivity contribution in [2.75, 3.05) is 23.3 Å². The molecule has 7 heteroatoms. The summed E-state index contributed by atoms with van der Waals surface area (Å²) in [6, 6.07) is 5.48. The van der Waals surface area contributed by atoms with Crippen LogP contribution in [0.1, 0.15) is 18.9 Å². The number of fused-ring (bicyclic) bond motifs is 1. The van der Waals surface area contributed by atoms with Crippen molar-refractivity contribution in [3.8, 4) is 0 Å². The zero-order valence-corrected chi connectivity index (χ0v) is 13.7. The Hall–Kier alpha value is -1.46. The van der Waals surface area contributed by atoms with E-state index >= 15 is 0 Å². The third-order valence-corrected chi connectivity index (χ3v) is 4.80. The number of alkyl halides is 2. The van der Waals surface area contributed by atoms with Gasteiger partial charge < -0.3 is 10.6 Å². The largest absolute Gasteiger partial charge is 0.338 e. The fraction of sp³-hybridized carbons (Fsp3) is 0.467. The van der Waals surface area contributed by atoms with E-state index < -0.39 is 4.33 Å². The number of carbonyl (C=O) groups is 2. The van der Waals surface area contributed by atoms with Crippen molar-refractivity contribution in [2.45, 2.75) is 24.1 Å². The molecule has 3 rings (SSSR count). The summed E-state index contributed by atoms with van der Waals surface area (Å²) in [5.41, 5.74) is 2.58. The number of rotatable bonds is 3. The third-order valence-electron chi connectivity index (χ3n) is 3.96. The lowest BCUT2D eigenvalue weighted by molar-refractivity contribution is -0.117. The smallest absolute Gasteiger partial charge is 0.321 e. The maximum Gasteiger partial charge on any atom is 0.321 e. The predicted octanol–water partition coefficient (Wildman–Crippen LogP) is 2.91. The third kappa shape index (κ3) is 2.88. The molecule has 2 aliphatic rings. The van der Waals surface area contributed by atoms with Crippen LogP contribution < -0.4 is 15.5 Å². The van der Waals surface area contributed by atoms with Gasteiger partial charge in [-0.2, -0.15) is 0 Å². The molecule has 0 aromatic heterocycles. The lowest BCUT2D eigenvalue weighted by Crippen LogP contribution is -2.38. The van der Waals surface area contributed by atoms with Crippen LogP contribution in [0.5, 0.6) is 0 Å². The minimum absolute atomic E-state index is 0.118. The molecule has 0 saturated heterocycles. The first-order valence-electron chi connectivity index (χ1n) is 7.29. The van der Waals surface area contributed by atoms with Gasteiger partial charge in [-0.15, -0.1) is 23.2 Å². The number of carbonyl (C=O) groups excluding carboxylic acids is 2. The fourth-order valence-electron chi connectivity index (χ4n) is 2.64. The van der Waals surface area contributed by atoms with E-state index in [1.54, 1.807) is 4.90 Å². The summed E-state index contributed by atoms with van der Waals surface area (Å²) >= 11 is 11.8. The maximum atomic E-state index is 12.0. The van der Waals surface area contributed by atoms with E-state index in [9.17, 15) is 9.59 Å². The van der Waals surface area contributed by atoms with Crippen molar-refractivity contribution in [1.29, 1.82) is 0 Å². The summed E-state index contributed by atoms with van der Waals surface area (Å²) in [7, 11) is 0. The quantitative estimate of drug-likeness (QED) is 0.830. The van der Waals surface area contributed by atoms with Crippen molar-refractivity contribution < 1.29 is 9.59 Å². The molecule has 1 saturated carbocycles. The summed E-state index contributed by atoms with van der Waals surface area (Å²) in [4.78, 5) is 25.8. The molecule has 1 atom stereocenters. The van der Waals surface area contributed by atoms with Crippen LogP contribution in [-0.2, 0) is 11.2 Å². The standard InChI is InChI=1S/C15H17Cl2N3O2/c1-2-18-14(22)20-6-5-9-3-4-10(7-12(9)20)19-13(21)11-8-15(11,16)17/h3-4,7,11H,2,5-6,8H2,1H3,(H,18,22)(H,19,21)/t11-/m0/s1. The van der Waals surface area contributed by atoms with Crippen molar-refractivity contribution in [3.05, 3.63) is 23.8 Å². The van der Waals surface area contributed by atoms with Crippen LogP contribution in [0.2, 0.25) is 0 Å². The molecular formula is C15H17Cl2N3O2. The number of amides is 3. The molecule has 118 valence electrons. The Bertz CT molecular complexity index is 633. The number of benzene rings is 1. The Labute approximate surface area is 138 Å². The molecule has 0 unspecified atom stereocenters. The molecule has 0 spiro atoms. The zero-order valence-electron chi connectivity index (χ0n) is 12.2. The predicted molar refractivity (Wildman–Crippen MR) is 87.7 cm³/mol. The molecule has 1 aromatic rings. The van der Waals surface area contributed by atoms with Gasteiger partial charge >= 0.3 is 6.03 Å². The van der Waals surface area contributed by atoms with Crippen LogP contribution in [0.3, 0.4) is 0 Å². The van der Waals surface area contributed by atoms with Gasteiger partial charge in [-0.05, 0) is 37.5 Å². The van der Waals surface area contributed by atoms with E-state index in [0.29, 0.717) is 25.2 Å². The Morgan fingerprint density at radius 3 is 2.77 bits per heavy atom. The van der Waals surface area contributed by atoms with Gasteiger partial charge in [0.05, 0.1) is 11.6 Å². The van der Waals surface area contributed by atoms with E-state index in [0.717, 1.165) is 17.7 Å². The number of urea groups is 1. The van der Waals surface area contributed by atoms with Gasteiger partial charge in [0, 0.05) is 18.8 Å². The van der Waals surface area contributed by atoms with E-state index in [-0.39, 0.29) is 17.9 Å². The highest BCUT2D eigenvalue weighted by Crippen LogP contribution is 2.53. The average Bonchev–Trinajstić information content (AvgIpc) is 2.93. The van der Waals surface area contributed by atoms with Gasteiger partial charge in [0.2, 0.25) is 5.91 Å². The number of halogens is 2. The topological polar surface area (TPSA) is 61.4 Å². The van der Waals surface area contributed by atoms with E-state index in [1.165, 1.54) is 0 Å². The van der Waals surface area contributed by atoms with Gasteiger partial charge in [-0.1, -0.05) is 6.07 Å².